The molecular formula is C13H22F2N4. The lowest BCUT2D eigenvalue weighted by Crippen LogP contribution is -2.32. The molecule has 0 amide bonds. The van der Waals surface area contributed by atoms with Crippen molar-refractivity contribution in [1.29, 1.82) is 0 Å². The van der Waals surface area contributed by atoms with Crippen molar-refractivity contribution in [3.63, 3.8) is 0 Å². The Morgan fingerprint density at radius 3 is 2.32 bits per heavy atom. The molecule has 1 aromatic rings. The van der Waals surface area contributed by atoms with E-state index in [1.165, 1.54) is 0 Å². The molecule has 108 valence electrons. The molecule has 6 heteroatoms. The van der Waals surface area contributed by atoms with Gasteiger partial charge in [0.05, 0.1) is 0 Å². The van der Waals surface area contributed by atoms with E-state index in [9.17, 15) is 8.78 Å². The number of aromatic nitrogens is 1. The molecule has 0 fully saturated rings. The van der Waals surface area contributed by atoms with Gasteiger partial charge in [-0.15, -0.1) is 0 Å². The molecule has 0 saturated heterocycles. The molecule has 0 aliphatic carbocycles. The fraction of sp³-hybridized carbons (Fsp3) is 0.615. The van der Waals surface area contributed by atoms with Gasteiger partial charge in [-0.3, -0.25) is 0 Å². The summed E-state index contributed by atoms with van der Waals surface area (Å²) >= 11 is 0. The summed E-state index contributed by atoms with van der Waals surface area (Å²) in [7, 11) is 3.88. The van der Waals surface area contributed by atoms with Crippen LogP contribution in [0.5, 0.6) is 0 Å². The van der Waals surface area contributed by atoms with Crippen LogP contribution in [-0.2, 0) is 0 Å². The second-order valence-electron chi connectivity index (χ2n) is 4.77. The van der Waals surface area contributed by atoms with Crippen molar-refractivity contribution in [2.24, 2.45) is 0 Å². The van der Waals surface area contributed by atoms with Crippen LogP contribution in [0.1, 0.15) is 20.3 Å². The molecule has 0 aliphatic heterocycles. The van der Waals surface area contributed by atoms with Gasteiger partial charge in [-0.25, -0.2) is 13.8 Å². The number of nitrogens with zero attached hydrogens (tertiary/aromatic N) is 2. The van der Waals surface area contributed by atoms with Crippen molar-refractivity contribution in [2.75, 3.05) is 37.8 Å². The monoisotopic (exact) mass is 272 g/mol. The first kappa shape index (κ1) is 15.6. The van der Waals surface area contributed by atoms with Gasteiger partial charge in [0, 0.05) is 25.2 Å². The van der Waals surface area contributed by atoms with E-state index in [0.717, 1.165) is 12.5 Å². The molecule has 0 bridgehead atoms. The van der Waals surface area contributed by atoms with Crippen molar-refractivity contribution in [3.8, 4) is 0 Å². The molecule has 19 heavy (non-hydrogen) atoms. The molecule has 1 unspecified atom stereocenters. The molecule has 2 N–H and O–H groups in total. The highest BCUT2D eigenvalue weighted by Gasteiger charge is 2.12. The second kappa shape index (κ2) is 7.23. The second-order valence-corrected chi connectivity index (χ2v) is 4.77. The largest absolute Gasteiger partial charge is 0.368 e. The van der Waals surface area contributed by atoms with E-state index in [0.29, 0.717) is 13.1 Å². The summed E-state index contributed by atoms with van der Waals surface area (Å²) in [5.74, 6) is -1.18. The van der Waals surface area contributed by atoms with E-state index in [1.807, 2.05) is 32.8 Å². The molecule has 1 atom stereocenters. The minimum Gasteiger partial charge on any atom is -0.368 e. The molecule has 0 saturated carbocycles. The van der Waals surface area contributed by atoms with Crippen LogP contribution in [0.3, 0.4) is 0 Å². The molecule has 4 nitrogen and oxygen atoms in total. The molecular weight excluding hydrogens is 250 g/mol. The van der Waals surface area contributed by atoms with Gasteiger partial charge in [0.2, 0.25) is 0 Å². The Bertz CT molecular complexity index is 410. The normalized spacial score (nSPS) is 12.6. The number of anilines is 2. The highest BCUT2D eigenvalue weighted by Crippen LogP contribution is 2.19. The van der Waals surface area contributed by atoms with E-state index in [4.69, 9.17) is 0 Å². The van der Waals surface area contributed by atoms with Crippen molar-refractivity contribution in [3.05, 3.63) is 17.7 Å². The number of rotatable bonds is 7. The Kier molecular flexibility index (Phi) is 5.95. The maximum Gasteiger partial charge on any atom is 0.168 e. The van der Waals surface area contributed by atoms with Crippen molar-refractivity contribution in [1.82, 2.24) is 9.88 Å². The summed E-state index contributed by atoms with van der Waals surface area (Å²) in [5.41, 5.74) is 0. The summed E-state index contributed by atoms with van der Waals surface area (Å²) < 4.78 is 27.1. The molecule has 0 spiro atoms. The van der Waals surface area contributed by atoms with E-state index in [1.54, 1.807) is 0 Å². The van der Waals surface area contributed by atoms with Crippen LogP contribution < -0.4 is 10.6 Å². The predicted molar refractivity (Wildman–Crippen MR) is 74.6 cm³/mol. The Hall–Kier alpha value is -1.43. The zero-order chi connectivity index (χ0) is 14.4. The Morgan fingerprint density at radius 1 is 1.21 bits per heavy atom. The van der Waals surface area contributed by atoms with Gasteiger partial charge in [0.25, 0.3) is 0 Å². The summed E-state index contributed by atoms with van der Waals surface area (Å²) in [6.07, 6.45) is 0.846. The van der Waals surface area contributed by atoms with Crippen LogP contribution >= 0.6 is 0 Å². The van der Waals surface area contributed by atoms with Crippen LogP contribution in [-0.4, -0.2) is 43.1 Å². The van der Waals surface area contributed by atoms with Crippen LogP contribution in [0.4, 0.5) is 20.4 Å². The fourth-order valence-corrected chi connectivity index (χ4v) is 1.38. The van der Waals surface area contributed by atoms with Gasteiger partial charge in [-0.1, -0.05) is 6.92 Å². The number of halogens is 2. The van der Waals surface area contributed by atoms with E-state index in [2.05, 4.69) is 15.6 Å². The van der Waals surface area contributed by atoms with Crippen molar-refractivity contribution in [2.45, 2.75) is 26.3 Å². The lowest BCUT2D eigenvalue weighted by Gasteiger charge is -2.20. The highest BCUT2D eigenvalue weighted by molar-refractivity contribution is 5.47. The topological polar surface area (TPSA) is 40.2 Å². The van der Waals surface area contributed by atoms with Gasteiger partial charge in [-0.2, -0.15) is 0 Å². The third-order valence-electron chi connectivity index (χ3n) is 2.92. The average Bonchev–Trinajstić information content (AvgIpc) is 2.36. The number of hydrogen-bond donors (Lipinski definition) is 2. The Labute approximate surface area is 113 Å². The summed E-state index contributed by atoms with van der Waals surface area (Å²) in [4.78, 5) is 5.95. The number of nitrogens with one attached hydrogen (secondary N) is 2. The third-order valence-corrected chi connectivity index (χ3v) is 2.92. The first-order valence-electron chi connectivity index (χ1n) is 6.45. The van der Waals surface area contributed by atoms with Crippen LogP contribution in [0, 0.1) is 11.6 Å². The predicted octanol–water partition coefficient (Wildman–Crippen LogP) is 2.54. The van der Waals surface area contributed by atoms with E-state index >= 15 is 0 Å². The maximum absolute atomic E-state index is 13.6. The first-order valence-corrected chi connectivity index (χ1v) is 6.45. The lowest BCUT2D eigenvalue weighted by atomic mass is 10.3. The highest BCUT2D eigenvalue weighted by atomic mass is 19.1. The van der Waals surface area contributed by atoms with Gasteiger partial charge < -0.3 is 15.5 Å². The lowest BCUT2D eigenvalue weighted by molar-refractivity contribution is 0.325. The molecule has 0 radical (unpaired) electrons. The van der Waals surface area contributed by atoms with Gasteiger partial charge >= 0.3 is 0 Å². The van der Waals surface area contributed by atoms with Crippen LogP contribution in [0.2, 0.25) is 0 Å². The van der Waals surface area contributed by atoms with E-state index in [-0.39, 0.29) is 17.7 Å². The molecule has 0 aliphatic rings. The average molecular weight is 272 g/mol. The molecule has 0 aromatic carbocycles. The summed E-state index contributed by atoms with van der Waals surface area (Å²) in [6.45, 7) is 5.11. The first-order chi connectivity index (χ1) is 8.95. The van der Waals surface area contributed by atoms with E-state index < -0.39 is 11.6 Å². The fourth-order valence-electron chi connectivity index (χ4n) is 1.38. The minimum absolute atomic E-state index is 0.0775. The van der Waals surface area contributed by atoms with Crippen molar-refractivity contribution < 1.29 is 8.78 Å². The maximum atomic E-state index is 13.6. The van der Waals surface area contributed by atoms with Crippen LogP contribution in [0.25, 0.3) is 0 Å². The molecule has 1 rings (SSSR count). The standard InChI is InChI=1S/C13H22F2N4/c1-5-6-16-12-10(14)7-11(15)13(18-12)17-8-9(2)19(3)4/h7,9H,5-6,8H2,1-4H3,(H2,16,17,18). The van der Waals surface area contributed by atoms with Gasteiger partial charge in [0.15, 0.2) is 23.3 Å². The van der Waals surface area contributed by atoms with Crippen molar-refractivity contribution >= 4 is 11.6 Å². The number of likely N-dealkylation sites (N-methyl/N-ethyl adjacent to an activating group) is 1. The van der Waals surface area contributed by atoms with Gasteiger partial charge in [0.1, 0.15) is 0 Å². The minimum atomic E-state index is -0.675. The number of pyridine rings is 1. The quantitative estimate of drug-likeness (QED) is 0.800. The summed E-state index contributed by atoms with van der Waals surface area (Å²) in [6, 6.07) is 1.08. The zero-order valence-electron chi connectivity index (χ0n) is 11.9. The Balaban J connectivity index is 2.76. The molecule has 1 aromatic heterocycles. The van der Waals surface area contributed by atoms with Crippen LogP contribution in [0.15, 0.2) is 6.07 Å². The SMILES string of the molecule is CCCNc1nc(NCC(C)N(C)C)c(F)cc1F. The number of hydrogen-bond acceptors (Lipinski definition) is 4. The zero-order valence-corrected chi connectivity index (χ0v) is 11.9. The molecule has 1 heterocycles. The Morgan fingerprint density at radius 2 is 1.79 bits per heavy atom. The summed E-state index contributed by atoms with van der Waals surface area (Å²) in [5, 5.41) is 5.74. The third kappa shape index (κ3) is 4.63. The smallest absolute Gasteiger partial charge is 0.168 e. The van der Waals surface area contributed by atoms with Gasteiger partial charge in [-0.05, 0) is 27.4 Å².